The van der Waals surface area contributed by atoms with Gasteiger partial charge in [-0.15, -0.1) is 0 Å². The summed E-state index contributed by atoms with van der Waals surface area (Å²) in [5.74, 6) is -2.62. The Hall–Kier alpha value is -2.38. The third-order valence-corrected chi connectivity index (χ3v) is 5.64. The molecule has 1 aliphatic carbocycles. The van der Waals surface area contributed by atoms with Gasteiger partial charge in [-0.1, -0.05) is 32.6 Å². The van der Waals surface area contributed by atoms with Crippen LogP contribution in [-0.4, -0.2) is 48.4 Å². The van der Waals surface area contributed by atoms with Crippen molar-refractivity contribution in [3.63, 3.8) is 0 Å². The lowest BCUT2D eigenvalue weighted by Gasteiger charge is -2.36. The molecule has 0 radical (unpaired) electrons. The number of hydrogen-bond donors (Lipinski definition) is 2. The van der Waals surface area contributed by atoms with Crippen LogP contribution in [0.3, 0.4) is 0 Å². The fraction of sp³-hybridized carbons (Fsp3) is 0.545. The number of fused-ring (bicyclic) bond motifs is 1. The molecule has 158 valence electrons. The van der Waals surface area contributed by atoms with E-state index in [9.17, 15) is 19.8 Å². The van der Waals surface area contributed by atoms with Crippen LogP contribution in [0.1, 0.15) is 72.6 Å². The van der Waals surface area contributed by atoms with Crippen LogP contribution >= 0.6 is 0 Å². The van der Waals surface area contributed by atoms with Crippen molar-refractivity contribution in [1.29, 1.82) is 0 Å². The number of hydrogen-bond acceptors (Lipinski definition) is 7. The number of aliphatic hydroxyl groups is 1. The summed E-state index contributed by atoms with van der Waals surface area (Å²) in [7, 11) is 2.73. The van der Waals surface area contributed by atoms with Gasteiger partial charge in [0.05, 0.1) is 26.4 Å². The molecule has 1 heterocycles. The van der Waals surface area contributed by atoms with Crippen molar-refractivity contribution in [2.45, 2.75) is 57.7 Å². The van der Waals surface area contributed by atoms with Crippen LogP contribution in [-0.2, 0) is 4.74 Å². The van der Waals surface area contributed by atoms with Crippen molar-refractivity contribution in [1.82, 2.24) is 0 Å². The molecule has 0 bridgehead atoms. The molecule has 7 nitrogen and oxygen atoms in total. The first-order chi connectivity index (χ1) is 13.9. The zero-order chi connectivity index (χ0) is 21.2. The van der Waals surface area contributed by atoms with Crippen molar-refractivity contribution >= 4 is 11.6 Å². The van der Waals surface area contributed by atoms with E-state index >= 15 is 0 Å². The van der Waals surface area contributed by atoms with E-state index in [0.29, 0.717) is 6.42 Å². The van der Waals surface area contributed by atoms with Gasteiger partial charge in [-0.05, 0) is 12.5 Å². The Morgan fingerprint density at radius 3 is 2.45 bits per heavy atom. The van der Waals surface area contributed by atoms with Gasteiger partial charge in [0.15, 0.2) is 28.9 Å². The normalized spacial score (nSPS) is 21.1. The number of carbonyl (C=O) groups excluding carboxylic acids is 2. The van der Waals surface area contributed by atoms with Crippen molar-refractivity contribution in [3.8, 4) is 17.2 Å². The van der Waals surface area contributed by atoms with Gasteiger partial charge in [-0.2, -0.15) is 0 Å². The van der Waals surface area contributed by atoms with E-state index in [1.807, 2.05) is 0 Å². The first-order valence-electron chi connectivity index (χ1n) is 10.0. The van der Waals surface area contributed by atoms with E-state index in [2.05, 4.69) is 6.92 Å². The molecule has 1 aliphatic heterocycles. The van der Waals surface area contributed by atoms with Gasteiger partial charge in [0.2, 0.25) is 5.75 Å². The Bertz CT molecular complexity index is 855. The Kier molecular flexibility index (Phi) is 6.29. The average molecular weight is 404 g/mol. The number of carbonyl (C=O) groups is 2. The molecular weight excluding hydrogens is 376 g/mol. The predicted octanol–water partition coefficient (Wildman–Crippen LogP) is 3.55. The van der Waals surface area contributed by atoms with Gasteiger partial charge in [-0.25, -0.2) is 0 Å². The number of rotatable bonds is 8. The molecule has 0 spiro atoms. The molecule has 0 fully saturated rings. The molecule has 2 aliphatic rings. The smallest absolute Gasteiger partial charge is 0.203 e. The number of unbranched alkanes of at least 4 members (excludes halogenated alkanes) is 4. The Balaban J connectivity index is 1.88. The molecular formula is C22H28O7. The maximum atomic E-state index is 13.1. The minimum Gasteiger partial charge on any atom is -0.504 e. The van der Waals surface area contributed by atoms with Crippen LogP contribution in [0.2, 0.25) is 0 Å². The van der Waals surface area contributed by atoms with Crippen molar-refractivity contribution < 1.29 is 34.0 Å². The third kappa shape index (κ3) is 3.89. The quantitative estimate of drug-likeness (QED) is 0.639. The highest BCUT2D eigenvalue weighted by atomic mass is 16.6. The molecule has 0 unspecified atom stereocenters. The second kappa shape index (κ2) is 8.55. The molecule has 0 amide bonds. The molecule has 3 rings (SSSR count). The van der Waals surface area contributed by atoms with E-state index in [0.717, 1.165) is 32.1 Å². The summed E-state index contributed by atoms with van der Waals surface area (Å²) in [5.41, 5.74) is 0.369. The van der Waals surface area contributed by atoms with Gasteiger partial charge < -0.3 is 24.4 Å². The summed E-state index contributed by atoms with van der Waals surface area (Å²) in [4.78, 5) is 26.1. The van der Waals surface area contributed by atoms with E-state index in [1.165, 1.54) is 20.3 Å². The zero-order valence-electron chi connectivity index (χ0n) is 17.2. The highest BCUT2D eigenvalue weighted by Gasteiger charge is 2.44. The number of methoxy groups -OCH3 is 2. The lowest BCUT2D eigenvalue weighted by molar-refractivity contribution is -0.206. The Labute approximate surface area is 170 Å². The lowest BCUT2D eigenvalue weighted by atomic mass is 9.79. The summed E-state index contributed by atoms with van der Waals surface area (Å²) in [6, 6.07) is 1.40. The van der Waals surface area contributed by atoms with Gasteiger partial charge in [-0.3, -0.25) is 9.59 Å². The van der Waals surface area contributed by atoms with Crippen LogP contribution in [0, 0.1) is 0 Å². The monoisotopic (exact) mass is 404 g/mol. The van der Waals surface area contributed by atoms with Crippen LogP contribution in [0.5, 0.6) is 17.2 Å². The topological polar surface area (TPSA) is 102 Å². The molecule has 2 N–H and O–H groups in total. The van der Waals surface area contributed by atoms with E-state index in [-0.39, 0.29) is 46.8 Å². The summed E-state index contributed by atoms with van der Waals surface area (Å²) >= 11 is 0. The van der Waals surface area contributed by atoms with Gasteiger partial charge in [0.25, 0.3) is 0 Å². The molecule has 1 aromatic rings. The fourth-order valence-corrected chi connectivity index (χ4v) is 4.01. The molecule has 0 aromatic heterocycles. The summed E-state index contributed by atoms with van der Waals surface area (Å²) in [5, 5.41) is 21.4. The van der Waals surface area contributed by atoms with E-state index in [4.69, 9.17) is 14.2 Å². The molecule has 1 aromatic carbocycles. The predicted molar refractivity (Wildman–Crippen MR) is 106 cm³/mol. The van der Waals surface area contributed by atoms with Crippen LogP contribution < -0.4 is 9.47 Å². The molecule has 7 heteroatoms. The molecule has 1 atom stereocenters. The number of ether oxygens (including phenoxy) is 3. The minimum absolute atomic E-state index is 0.00300. The first kappa shape index (κ1) is 21.3. The van der Waals surface area contributed by atoms with Gasteiger partial charge >= 0.3 is 0 Å². The van der Waals surface area contributed by atoms with Gasteiger partial charge in [0.1, 0.15) is 0 Å². The van der Waals surface area contributed by atoms with Crippen LogP contribution in [0.15, 0.2) is 17.2 Å². The maximum Gasteiger partial charge on any atom is 0.203 e. The summed E-state index contributed by atoms with van der Waals surface area (Å²) < 4.78 is 15.9. The summed E-state index contributed by atoms with van der Waals surface area (Å²) in [6.45, 7) is 1.97. The summed E-state index contributed by atoms with van der Waals surface area (Å²) in [6.07, 6.45) is 5.48. The SMILES string of the molecule is CCCCCCC[C@@]1(O)CC2=C(CO1)C(=O)c1c(cc(OC)c(OC)c1O)C2=O. The fourth-order valence-electron chi connectivity index (χ4n) is 4.01. The van der Waals surface area contributed by atoms with Crippen molar-refractivity contribution in [3.05, 3.63) is 28.3 Å². The number of benzene rings is 1. The van der Waals surface area contributed by atoms with Crippen LogP contribution in [0.4, 0.5) is 0 Å². The third-order valence-electron chi connectivity index (χ3n) is 5.64. The molecule has 0 saturated carbocycles. The highest BCUT2D eigenvalue weighted by molar-refractivity contribution is 6.28. The second-order valence-electron chi connectivity index (χ2n) is 7.57. The van der Waals surface area contributed by atoms with E-state index in [1.54, 1.807) is 0 Å². The lowest BCUT2D eigenvalue weighted by Crippen LogP contribution is -2.41. The molecule has 29 heavy (non-hydrogen) atoms. The first-order valence-corrected chi connectivity index (χ1v) is 10.0. The highest BCUT2D eigenvalue weighted by Crippen LogP contribution is 2.46. The van der Waals surface area contributed by atoms with Crippen LogP contribution in [0.25, 0.3) is 0 Å². The Morgan fingerprint density at radius 1 is 1.07 bits per heavy atom. The minimum atomic E-state index is -1.46. The van der Waals surface area contributed by atoms with Crippen molar-refractivity contribution in [2.75, 3.05) is 20.8 Å². The number of ketones is 2. The number of phenols is 1. The Morgan fingerprint density at radius 2 is 1.79 bits per heavy atom. The number of aromatic hydroxyl groups is 1. The molecule has 0 saturated heterocycles. The second-order valence-corrected chi connectivity index (χ2v) is 7.57. The largest absolute Gasteiger partial charge is 0.504 e. The average Bonchev–Trinajstić information content (AvgIpc) is 2.71. The van der Waals surface area contributed by atoms with E-state index < -0.39 is 23.1 Å². The maximum absolute atomic E-state index is 13.1. The van der Waals surface area contributed by atoms with Crippen molar-refractivity contribution in [2.24, 2.45) is 0 Å². The zero-order valence-corrected chi connectivity index (χ0v) is 17.2. The number of Topliss-reactive ketones (excluding diaryl/α,β-unsaturated/α-hetero) is 2. The number of phenolic OH excluding ortho intramolecular Hbond substituents is 1. The van der Waals surface area contributed by atoms with Gasteiger partial charge in [0, 0.05) is 29.6 Å². The standard InChI is InChI=1S/C22H28O7/c1-4-5-6-7-8-9-22(26)11-14-15(12-29-22)19(24)17-13(18(14)23)10-16(27-2)21(28-3)20(17)25/h10,25-26H,4-9,11-12H2,1-3H3/t22-/m0/s1.